The van der Waals surface area contributed by atoms with E-state index >= 15 is 0 Å². The number of methoxy groups -OCH3 is 1. The standard InChI is InChI=1S/C17H18Cl2N2O3/c1-11-9-14(16(23-2)10-13(11)19)21-17(22)20-7-8-24-15-6-4-3-5-12(15)18/h3-6,9-10H,7-8H2,1-2H3,(H2,20,21,22). The number of amides is 2. The van der Waals surface area contributed by atoms with E-state index in [9.17, 15) is 4.79 Å². The van der Waals surface area contributed by atoms with Gasteiger partial charge in [0.25, 0.3) is 0 Å². The van der Waals surface area contributed by atoms with Crippen molar-refractivity contribution in [3.8, 4) is 11.5 Å². The number of benzene rings is 2. The number of rotatable bonds is 6. The molecule has 2 aromatic rings. The summed E-state index contributed by atoms with van der Waals surface area (Å²) in [5.41, 5.74) is 1.39. The van der Waals surface area contributed by atoms with Gasteiger partial charge in [-0.1, -0.05) is 35.3 Å². The first kappa shape index (κ1) is 18.2. The highest BCUT2D eigenvalue weighted by Crippen LogP contribution is 2.30. The molecule has 0 aliphatic carbocycles. The Bertz CT molecular complexity index is 723. The van der Waals surface area contributed by atoms with E-state index in [1.54, 1.807) is 24.3 Å². The number of anilines is 1. The molecule has 2 amide bonds. The van der Waals surface area contributed by atoms with Gasteiger partial charge in [0.2, 0.25) is 0 Å². The molecule has 0 radical (unpaired) electrons. The maximum absolute atomic E-state index is 12.0. The zero-order chi connectivity index (χ0) is 17.5. The first-order valence-electron chi connectivity index (χ1n) is 7.27. The average molecular weight is 369 g/mol. The highest BCUT2D eigenvalue weighted by Gasteiger charge is 2.10. The Labute approximate surface area is 150 Å². The maximum Gasteiger partial charge on any atom is 0.319 e. The highest BCUT2D eigenvalue weighted by atomic mass is 35.5. The van der Waals surface area contributed by atoms with Crippen LogP contribution >= 0.6 is 23.2 Å². The van der Waals surface area contributed by atoms with Crippen molar-refractivity contribution in [2.24, 2.45) is 0 Å². The van der Waals surface area contributed by atoms with Gasteiger partial charge in [0.05, 0.1) is 24.4 Å². The molecule has 0 aromatic heterocycles. The quantitative estimate of drug-likeness (QED) is 0.737. The summed E-state index contributed by atoms with van der Waals surface area (Å²) in [4.78, 5) is 12.0. The van der Waals surface area contributed by atoms with Crippen LogP contribution < -0.4 is 20.1 Å². The smallest absolute Gasteiger partial charge is 0.319 e. The van der Waals surface area contributed by atoms with Gasteiger partial charge in [0.1, 0.15) is 18.1 Å². The summed E-state index contributed by atoms with van der Waals surface area (Å²) < 4.78 is 10.7. The summed E-state index contributed by atoms with van der Waals surface area (Å²) >= 11 is 12.0. The van der Waals surface area contributed by atoms with Crippen LogP contribution in [0.2, 0.25) is 10.0 Å². The summed E-state index contributed by atoms with van der Waals surface area (Å²) in [6, 6.07) is 10.2. The molecule has 0 saturated heterocycles. The van der Waals surface area contributed by atoms with Gasteiger partial charge in [-0.15, -0.1) is 0 Å². The summed E-state index contributed by atoms with van der Waals surface area (Å²) in [7, 11) is 1.52. The molecule has 0 unspecified atom stereocenters. The largest absolute Gasteiger partial charge is 0.495 e. The monoisotopic (exact) mass is 368 g/mol. The van der Waals surface area contributed by atoms with Crippen molar-refractivity contribution in [1.82, 2.24) is 5.32 Å². The lowest BCUT2D eigenvalue weighted by atomic mass is 10.2. The van der Waals surface area contributed by atoms with Gasteiger partial charge in [-0.2, -0.15) is 0 Å². The Morgan fingerprint density at radius 2 is 1.88 bits per heavy atom. The number of halogens is 2. The zero-order valence-electron chi connectivity index (χ0n) is 13.4. The predicted molar refractivity (Wildman–Crippen MR) is 96.7 cm³/mol. The minimum absolute atomic E-state index is 0.300. The van der Waals surface area contributed by atoms with Gasteiger partial charge < -0.3 is 20.1 Å². The number of hydrogen-bond acceptors (Lipinski definition) is 3. The van der Waals surface area contributed by atoms with E-state index in [-0.39, 0.29) is 6.03 Å². The van der Waals surface area contributed by atoms with Crippen LogP contribution in [0.25, 0.3) is 0 Å². The molecule has 0 atom stereocenters. The third kappa shape index (κ3) is 4.94. The average Bonchev–Trinajstić information content (AvgIpc) is 2.56. The van der Waals surface area contributed by atoms with Gasteiger partial charge in [0.15, 0.2) is 0 Å². The van der Waals surface area contributed by atoms with Crippen LogP contribution in [0.3, 0.4) is 0 Å². The molecule has 0 spiro atoms. The Morgan fingerprint density at radius 1 is 1.12 bits per heavy atom. The molecule has 0 aliphatic rings. The van der Waals surface area contributed by atoms with Gasteiger partial charge in [-0.05, 0) is 30.7 Å². The van der Waals surface area contributed by atoms with Crippen molar-refractivity contribution in [1.29, 1.82) is 0 Å². The number of urea groups is 1. The molecular weight excluding hydrogens is 351 g/mol. The lowest BCUT2D eigenvalue weighted by Crippen LogP contribution is -2.32. The molecule has 7 heteroatoms. The zero-order valence-corrected chi connectivity index (χ0v) is 14.9. The first-order chi connectivity index (χ1) is 11.5. The molecule has 0 aliphatic heterocycles. The Hall–Kier alpha value is -2.11. The number of carbonyl (C=O) groups is 1. The Kier molecular flexibility index (Phi) is 6.58. The molecule has 0 heterocycles. The fourth-order valence-corrected chi connectivity index (χ4v) is 2.33. The van der Waals surface area contributed by atoms with Crippen LogP contribution in [0.5, 0.6) is 11.5 Å². The van der Waals surface area contributed by atoms with Crippen LogP contribution in [-0.2, 0) is 0 Å². The van der Waals surface area contributed by atoms with E-state index in [0.29, 0.717) is 40.4 Å². The number of para-hydroxylation sites is 1. The van der Waals surface area contributed by atoms with Gasteiger partial charge in [0, 0.05) is 11.1 Å². The minimum Gasteiger partial charge on any atom is -0.495 e. The number of nitrogens with one attached hydrogen (secondary N) is 2. The molecule has 0 saturated carbocycles. The maximum atomic E-state index is 12.0. The molecule has 24 heavy (non-hydrogen) atoms. The number of carbonyl (C=O) groups excluding carboxylic acids is 1. The topological polar surface area (TPSA) is 59.6 Å². The van der Waals surface area contributed by atoms with Gasteiger partial charge in [-0.3, -0.25) is 0 Å². The SMILES string of the molecule is COc1cc(Cl)c(C)cc1NC(=O)NCCOc1ccccc1Cl. The molecule has 5 nitrogen and oxygen atoms in total. The molecule has 0 bridgehead atoms. The number of ether oxygens (including phenoxy) is 2. The summed E-state index contributed by atoms with van der Waals surface area (Å²) in [5.74, 6) is 1.07. The normalized spacial score (nSPS) is 10.2. The first-order valence-corrected chi connectivity index (χ1v) is 8.03. The number of aryl methyl sites for hydroxylation is 1. The van der Waals surface area contributed by atoms with Crippen molar-refractivity contribution in [2.45, 2.75) is 6.92 Å². The Morgan fingerprint density at radius 3 is 2.58 bits per heavy atom. The van der Waals surface area contributed by atoms with E-state index in [2.05, 4.69) is 10.6 Å². The van der Waals surface area contributed by atoms with Crippen molar-refractivity contribution in [3.05, 3.63) is 52.0 Å². The predicted octanol–water partition coefficient (Wildman–Crippen LogP) is 4.51. The van der Waals surface area contributed by atoms with Crippen molar-refractivity contribution < 1.29 is 14.3 Å². The van der Waals surface area contributed by atoms with E-state index in [1.807, 2.05) is 19.1 Å². The lowest BCUT2D eigenvalue weighted by molar-refractivity contribution is 0.247. The molecule has 2 N–H and O–H groups in total. The summed E-state index contributed by atoms with van der Waals surface area (Å²) in [6.45, 7) is 2.47. The van der Waals surface area contributed by atoms with Crippen LogP contribution in [0.1, 0.15) is 5.56 Å². The summed E-state index contributed by atoms with van der Waals surface area (Å²) in [6.07, 6.45) is 0. The molecule has 2 rings (SSSR count). The minimum atomic E-state index is -0.363. The second-order valence-corrected chi connectivity index (χ2v) is 5.78. The summed E-state index contributed by atoms with van der Waals surface area (Å²) in [5, 5.41) is 6.53. The molecular formula is C17H18Cl2N2O3. The number of hydrogen-bond donors (Lipinski definition) is 2. The van der Waals surface area contributed by atoms with Gasteiger partial charge in [-0.25, -0.2) is 4.79 Å². The van der Waals surface area contributed by atoms with Crippen molar-refractivity contribution in [3.63, 3.8) is 0 Å². The lowest BCUT2D eigenvalue weighted by Gasteiger charge is -2.13. The second-order valence-electron chi connectivity index (χ2n) is 4.96. The van der Waals surface area contributed by atoms with E-state index in [0.717, 1.165) is 5.56 Å². The van der Waals surface area contributed by atoms with Crippen molar-refractivity contribution in [2.75, 3.05) is 25.6 Å². The van der Waals surface area contributed by atoms with Crippen LogP contribution in [0.15, 0.2) is 36.4 Å². The third-order valence-corrected chi connectivity index (χ3v) is 3.93. The molecule has 0 fully saturated rings. The Balaban J connectivity index is 1.84. The van der Waals surface area contributed by atoms with E-state index in [4.69, 9.17) is 32.7 Å². The molecule has 2 aromatic carbocycles. The van der Waals surface area contributed by atoms with Crippen LogP contribution in [0.4, 0.5) is 10.5 Å². The fourth-order valence-electron chi connectivity index (χ4n) is 1.98. The van der Waals surface area contributed by atoms with Gasteiger partial charge >= 0.3 is 6.03 Å². The highest BCUT2D eigenvalue weighted by molar-refractivity contribution is 6.32. The molecule has 128 valence electrons. The van der Waals surface area contributed by atoms with Crippen molar-refractivity contribution >= 4 is 34.9 Å². The van der Waals surface area contributed by atoms with E-state index in [1.165, 1.54) is 7.11 Å². The van der Waals surface area contributed by atoms with E-state index < -0.39 is 0 Å². The van der Waals surface area contributed by atoms with Crippen LogP contribution in [-0.4, -0.2) is 26.3 Å². The second kappa shape index (κ2) is 8.66. The third-order valence-electron chi connectivity index (χ3n) is 3.21. The van der Waals surface area contributed by atoms with Crippen LogP contribution in [0, 0.1) is 6.92 Å². The fraction of sp³-hybridized carbons (Fsp3) is 0.235.